The van der Waals surface area contributed by atoms with Crippen LogP contribution in [0, 0.1) is 0 Å². The van der Waals surface area contributed by atoms with Crippen LogP contribution >= 0.6 is 0 Å². The topological polar surface area (TPSA) is 69.8 Å². The molecule has 0 bridgehead atoms. The van der Waals surface area contributed by atoms with Crippen LogP contribution in [0.4, 0.5) is 0 Å². The lowest BCUT2D eigenvalue weighted by Gasteiger charge is -2.14. The van der Waals surface area contributed by atoms with Crippen molar-refractivity contribution < 1.29 is 4.79 Å². The molecular weight excluding hydrogens is 216 g/mol. The Morgan fingerprint density at radius 3 is 3.24 bits per heavy atom. The van der Waals surface area contributed by atoms with Crippen LogP contribution in [0.5, 0.6) is 0 Å². The van der Waals surface area contributed by atoms with Gasteiger partial charge in [0, 0.05) is 37.9 Å². The molecule has 2 aromatic rings. The summed E-state index contributed by atoms with van der Waals surface area (Å²) >= 11 is 0. The Labute approximate surface area is 98.6 Å². The van der Waals surface area contributed by atoms with Gasteiger partial charge in [0.05, 0.1) is 11.0 Å². The Kier molecular flexibility index (Phi) is 2.53. The predicted octanol–water partition coefficient (Wildman–Crippen LogP) is 0.713. The van der Waals surface area contributed by atoms with Crippen LogP contribution in [0.2, 0.25) is 0 Å². The first-order valence-electron chi connectivity index (χ1n) is 5.76. The van der Waals surface area contributed by atoms with Crippen LogP contribution in [-0.2, 0) is 4.79 Å². The lowest BCUT2D eigenvalue weighted by atomic mass is 10.1. The molecule has 0 spiro atoms. The number of rotatable bonds is 1. The van der Waals surface area contributed by atoms with E-state index in [0.717, 1.165) is 23.1 Å². The Morgan fingerprint density at radius 1 is 1.35 bits per heavy atom. The fraction of sp³-hybridized carbons (Fsp3) is 0.333. The van der Waals surface area contributed by atoms with Crippen molar-refractivity contribution in [1.82, 2.24) is 20.6 Å². The monoisotopic (exact) mass is 230 g/mol. The largest absolute Gasteiger partial charge is 0.360 e. The van der Waals surface area contributed by atoms with Gasteiger partial charge in [-0.2, -0.15) is 0 Å². The zero-order valence-corrected chi connectivity index (χ0v) is 9.36. The van der Waals surface area contributed by atoms with Gasteiger partial charge in [0.15, 0.2) is 0 Å². The fourth-order valence-electron chi connectivity index (χ4n) is 2.15. The van der Waals surface area contributed by atoms with Gasteiger partial charge in [0.1, 0.15) is 0 Å². The van der Waals surface area contributed by atoms with Gasteiger partial charge in [-0.15, -0.1) is 0 Å². The minimum Gasteiger partial charge on any atom is -0.360 e. The second-order valence-electron chi connectivity index (χ2n) is 4.24. The van der Waals surface area contributed by atoms with Gasteiger partial charge >= 0.3 is 0 Å². The van der Waals surface area contributed by atoms with Gasteiger partial charge in [-0.05, 0) is 17.7 Å². The molecule has 0 saturated carbocycles. The molecule has 88 valence electrons. The lowest BCUT2D eigenvalue weighted by Crippen LogP contribution is -2.24. The Morgan fingerprint density at radius 2 is 2.29 bits per heavy atom. The molecule has 1 fully saturated rings. The summed E-state index contributed by atoms with van der Waals surface area (Å²) < 4.78 is 0. The zero-order valence-electron chi connectivity index (χ0n) is 9.36. The van der Waals surface area contributed by atoms with Crippen molar-refractivity contribution in [2.24, 2.45) is 0 Å². The Hall–Kier alpha value is -1.88. The number of fused-ring (bicyclic) bond motifs is 1. The first-order valence-corrected chi connectivity index (χ1v) is 5.76. The van der Waals surface area contributed by atoms with Gasteiger partial charge < -0.3 is 15.6 Å². The Balaban J connectivity index is 1.93. The van der Waals surface area contributed by atoms with Crippen molar-refractivity contribution in [1.29, 1.82) is 0 Å². The molecule has 1 saturated heterocycles. The van der Waals surface area contributed by atoms with Gasteiger partial charge in [0.2, 0.25) is 5.91 Å². The summed E-state index contributed by atoms with van der Waals surface area (Å²) in [6, 6.07) is 4.04. The van der Waals surface area contributed by atoms with E-state index in [2.05, 4.69) is 26.7 Å². The number of H-pyrrole nitrogens is 1. The molecule has 2 aromatic heterocycles. The Bertz CT molecular complexity index is 548. The summed E-state index contributed by atoms with van der Waals surface area (Å²) in [6.07, 6.45) is 4.18. The number of hydrogen-bond acceptors (Lipinski definition) is 3. The number of aromatic nitrogens is 2. The van der Waals surface area contributed by atoms with E-state index in [0.29, 0.717) is 13.0 Å². The molecule has 1 amide bonds. The maximum absolute atomic E-state index is 11.5. The molecule has 3 N–H and O–H groups in total. The van der Waals surface area contributed by atoms with E-state index in [1.807, 2.05) is 18.5 Å². The van der Waals surface area contributed by atoms with Gasteiger partial charge in [-0.3, -0.25) is 9.78 Å². The first kappa shape index (κ1) is 10.3. The third kappa shape index (κ3) is 2.01. The van der Waals surface area contributed by atoms with Crippen molar-refractivity contribution in [3.8, 4) is 0 Å². The molecule has 5 nitrogen and oxygen atoms in total. The first-order chi connectivity index (χ1) is 8.33. The van der Waals surface area contributed by atoms with Crippen LogP contribution in [0.15, 0.2) is 24.5 Å². The predicted molar refractivity (Wildman–Crippen MR) is 64.5 cm³/mol. The van der Waals surface area contributed by atoms with E-state index in [9.17, 15) is 4.79 Å². The maximum Gasteiger partial charge on any atom is 0.221 e. The third-order valence-corrected chi connectivity index (χ3v) is 3.05. The number of nitrogens with zero attached hydrogens (tertiary/aromatic N) is 1. The number of pyridine rings is 1. The molecule has 0 aliphatic carbocycles. The van der Waals surface area contributed by atoms with E-state index in [1.54, 1.807) is 0 Å². The van der Waals surface area contributed by atoms with E-state index in [4.69, 9.17) is 0 Å². The summed E-state index contributed by atoms with van der Waals surface area (Å²) in [7, 11) is 0. The average molecular weight is 230 g/mol. The molecule has 5 heteroatoms. The van der Waals surface area contributed by atoms with Gasteiger partial charge in [-0.25, -0.2) is 0 Å². The molecule has 0 radical (unpaired) electrons. The molecule has 17 heavy (non-hydrogen) atoms. The van der Waals surface area contributed by atoms with E-state index >= 15 is 0 Å². The summed E-state index contributed by atoms with van der Waals surface area (Å²) in [5.41, 5.74) is 3.01. The number of aromatic amines is 1. The van der Waals surface area contributed by atoms with Crippen LogP contribution in [0.3, 0.4) is 0 Å². The van der Waals surface area contributed by atoms with Crippen molar-refractivity contribution in [3.05, 3.63) is 30.1 Å². The SMILES string of the molecule is O=C1CC(c2cnc3cc[nH]c3c2)NCCN1. The smallest absolute Gasteiger partial charge is 0.221 e. The lowest BCUT2D eigenvalue weighted by molar-refractivity contribution is -0.121. The van der Waals surface area contributed by atoms with E-state index in [-0.39, 0.29) is 11.9 Å². The van der Waals surface area contributed by atoms with Crippen molar-refractivity contribution in [2.75, 3.05) is 13.1 Å². The van der Waals surface area contributed by atoms with Crippen LogP contribution in [-0.4, -0.2) is 29.0 Å². The second-order valence-corrected chi connectivity index (χ2v) is 4.24. The summed E-state index contributed by atoms with van der Waals surface area (Å²) in [5, 5.41) is 6.19. The highest BCUT2D eigenvalue weighted by Gasteiger charge is 2.18. The second kappa shape index (κ2) is 4.18. The average Bonchev–Trinajstić information content (AvgIpc) is 2.69. The molecular formula is C12H14N4O. The molecule has 0 aromatic carbocycles. The highest BCUT2D eigenvalue weighted by Crippen LogP contribution is 2.20. The number of amides is 1. The van der Waals surface area contributed by atoms with E-state index in [1.165, 1.54) is 0 Å². The van der Waals surface area contributed by atoms with Crippen molar-refractivity contribution in [2.45, 2.75) is 12.5 Å². The molecule has 1 aliphatic heterocycles. The molecule has 1 unspecified atom stereocenters. The maximum atomic E-state index is 11.5. The van der Waals surface area contributed by atoms with Crippen LogP contribution < -0.4 is 10.6 Å². The minimum atomic E-state index is 0.0534. The standard InChI is InChI=1S/C12H14N4O/c17-12-6-10(14-3-4-15-12)8-5-11-9(16-7-8)1-2-13-11/h1-2,5,7,10,13-14H,3-4,6H2,(H,15,17). The quantitative estimate of drug-likeness (QED) is 0.676. The number of hydrogen-bond donors (Lipinski definition) is 3. The van der Waals surface area contributed by atoms with Crippen molar-refractivity contribution >= 4 is 16.9 Å². The summed E-state index contributed by atoms with van der Waals surface area (Å²) in [5.74, 6) is 0.0894. The van der Waals surface area contributed by atoms with Gasteiger partial charge in [-0.1, -0.05) is 0 Å². The number of nitrogens with one attached hydrogen (secondary N) is 3. The normalized spacial score (nSPS) is 21.2. The molecule has 3 rings (SSSR count). The molecule has 1 aliphatic rings. The molecule has 3 heterocycles. The van der Waals surface area contributed by atoms with Crippen LogP contribution in [0.25, 0.3) is 11.0 Å². The number of carbonyl (C=O) groups is 1. The third-order valence-electron chi connectivity index (χ3n) is 3.05. The van der Waals surface area contributed by atoms with Crippen LogP contribution in [0.1, 0.15) is 18.0 Å². The number of carbonyl (C=O) groups excluding carboxylic acids is 1. The summed E-state index contributed by atoms with van der Waals surface area (Å²) in [6.45, 7) is 1.48. The highest BCUT2D eigenvalue weighted by atomic mass is 16.1. The summed E-state index contributed by atoms with van der Waals surface area (Å²) in [4.78, 5) is 19.0. The van der Waals surface area contributed by atoms with E-state index < -0.39 is 0 Å². The van der Waals surface area contributed by atoms with Crippen molar-refractivity contribution in [3.63, 3.8) is 0 Å². The van der Waals surface area contributed by atoms with Gasteiger partial charge in [0.25, 0.3) is 0 Å². The minimum absolute atomic E-state index is 0.0534. The fourth-order valence-corrected chi connectivity index (χ4v) is 2.15. The molecule has 1 atom stereocenters. The highest BCUT2D eigenvalue weighted by molar-refractivity contribution is 5.78. The zero-order chi connectivity index (χ0) is 11.7.